The van der Waals surface area contributed by atoms with E-state index in [4.69, 9.17) is 4.74 Å². The predicted molar refractivity (Wildman–Crippen MR) is 116 cm³/mol. The third-order valence-electron chi connectivity index (χ3n) is 4.94. The lowest BCUT2D eigenvalue weighted by molar-refractivity contribution is -0.140. The van der Waals surface area contributed by atoms with E-state index in [-0.39, 0.29) is 11.3 Å². The van der Waals surface area contributed by atoms with Gasteiger partial charge in [0.1, 0.15) is 18.1 Å². The zero-order chi connectivity index (χ0) is 21.7. The number of nitrogens with zero attached hydrogens (tertiary/aromatic N) is 2. The molecule has 0 spiro atoms. The number of benzene rings is 2. The van der Waals surface area contributed by atoms with Crippen molar-refractivity contribution in [3.05, 3.63) is 84.0 Å². The van der Waals surface area contributed by atoms with Gasteiger partial charge in [-0.05, 0) is 43.9 Å². The second-order valence-corrected chi connectivity index (χ2v) is 7.33. The lowest BCUT2D eigenvalue weighted by Gasteiger charge is -2.26. The molecule has 3 rings (SSSR count). The zero-order valence-corrected chi connectivity index (χ0v) is 17.2. The number of aliphatic hydroxyl groups is 1. The fourth-order valence-electron chi connectivity index (χ4n) is 3.42. The molecular formula is C24H26N2O4. The largest absolute Gasteiger partial charge is 0.507 e. The van der Waals surface area contributed by atoms with E-state index in [0.717, 1.165) is 5.56 Å². The molecule has 1 aliphatic rings. The summed E-state index contributed by atoms with van der Waals surface area (Å²) in [6.07, 6.45) is 1.64. The standard InChI is InChI=1S/C24H26N2O4/c1-4-16-30-19-12-10-18(11-13-19)22(27)20-21(17-8-6-5-7-9-17)26(15-14-25(2)3)24(29)23(20)28/h4-13,21,27H,1,14-16H2,2-3H3/t21-/m1/s1. The number of likely N-dealkylation sites (N-methyl/N-ethyl adjacent to an activating group) is 1. The summed E-state index contributed by atoms with van der Waals surface area (Å²) in [5, 5.41) is 11.0. The molecule has 2 aromatic rings. The first-order chi connectivity index (χ1) is 14.4. The summed E-state index contributed by atoms with van der Waals surface area (Å²) < 4.78 is 5.47. The molecule has 0 unspecified atom stereocenters. The molecular weight excluding hydrogens is 380 g/mol. The van der Waals surface area contributed by atoms with Gasteiger partial charge in [0.05, 0.1) is 11.6 Å². The van der Waals surface area contributed by atoms with Crippen molar-refractivity contribution >= 4 is 17.4 Å². The Labute approximate surface area is 176 Å². The van der Waals surface area contributed by atoms with E-state index in [1.54, 1.807) is 30.3 Å². The minimum Gasteiger partial charge on any atom is -0.507 e. The number of aliphatic hydroxyl groups excluding tert-OH is 1. The Balaban J connectivity index is 2.03. The van der Waals surface area contributed by atoms with Gasteiger partial charge in [-0.15, -0.1) is 0 Å². The highest BCUT2D eigenvalue weighted by atomic mass is 16.5. The number of carbonyl (C=O) groups excluding carboxylic acids is 2. The average Bonchev–Trinajstić information content (AvgIpc) is 3.01. The molecule has 0 saturated carbocycles. The summed E-state index contributed by atoms with van der Waals surface area (Å²) >= 11 is 0. The van der Waals surface area contributed by atoms with Crippen molar-refractivity contribution in [2.24, 2.45) is 0 Å². The molecule has 1 amide bonds. The Morgan fingerprint density at radius 3 is 2.40 bits per heavy atom. The van der Waals surface area contributed by atoms with Gasteiger partial charge in [-0.1, -0.05) is 43.0 Å². The molecule has 1 fully saturated rings. The van der Waals surface area contributed by atoms with Crippen molar-refractivity contribution in [2.75, 3.05) is 33.8 Å². The van der Waals surface area contributed by atoms with Gasteiger partial charge >= 0.3 is 0 Å². The summed E-state index contributed by atoms with van der Waals surface area (Å²) in [7, 11) is 3.81. The topological polar surface area (TPSA) is 70.1 Å². The number of amides is 1. The second-order valence-electron chi connectivity index (χ2n) is 7.33. The van der Waals surface area contributed by atoms with Crippen LogP contribution in [-0.2, 0) is 9.59 Å². The maximum absolute atomic E-state index is 12.9. The summed E-state index contributed by atoms with van der Waals surface area (Å²) in [6.45, 7) is 4.96. The van der Waals surface area contributed by atoms with Crippen molar-refractivity contribution in [3.63, 3.8) is 0 Å². The number of hydrogen-bond donors (Lipinski definition) is 1. The molecule has 1 heterocycles. The fraction of sp³-hybridized carbons (Fsp3) is 0.250. The van der Waals surface area contributed by atoms with Crippen molar-refractivity contribution in [3.8, 4) is 5.75 Å². The van der Waals surface area contributed by atoms with E-state index in [9.17, 15) is 14.7 Å². The molecule has 1 saturated heterocycles. The van der Waals surface area contributed by atoms with E-state index in [1.165, 1.54) is 4.90 Å². The molecule has 1 aliphatic heterocycles. The van der Waals surface area contributed by atoms with Crippen LogP contribution in [-0.4, -0.2) is 60.4 Å². The maximum Gasteiger partial charge on any atom is 0.295 e. The maximum atomic E-state index is 12.9. The van der Waals surface area contributed by atoms with Crippen molar-refractivity contribution in [1.29, 1.82) is 0 Å². The number of hydrogen-bond acceptors (Lipinski definition) is 5. The van der Waals surface area contributed by atoms with Crippen molar-refractivity contribution in [1.82, 2.24) is 9.80 Å². The van der Waals surface area contributed by atoms with Gasteiger partial charge < -0.3 is 19.6 Å². The number of likely N-dealkylation sites (tertiary alicyclic amines) is 1. The summed E-state index contributed by atoms with van der Waals surface area (Å²) in [5.41, 5.74) is 1.33. The third kappa shape index (κ3) is 4.44. The van der Waals surface area contributed by atoms with E-state index >= 15 is 0 Å². The van der Waals surface area contributed by atoms with Crippen molar-refractivity contribution < 1.29 is 19.4 Å². The Hall–Kier alpha value is -3.38. The van der Waals surface area contributed by atoms with Crippen molar-refractivity contribution in [2.45, 2.75) is 6.04 Å². The lowest BCUT2D eigenvalue weighted by Crippen LogP contribution is -2.35. The van der Waals surface area contributed by atoms with Crippen LogP contribution in [0, 0.1) is 0 Å². The quantitative estimate of drug-likeness (QED) is 0.315. The highest BCUT2D eigenvalue weighted by Crippen LogP contribution is 2.39. The molecule has 156 valence electrons. The predicted octanol–water partition coefficient (Wildman–Crippen LogP) is 3.23. The average molecular weight is 406 g/mol. The first-order valence-corrected chi connectivity index (χ1v) is 9.76. The van der Waals surface area contributed by atoms with Gasteiger partial charge in [-0.3, -0.25) is 9.59 Å². The SMILES string of the molecule is C=CCOc1ccc(C(O)=C2C(=O)C(=O)N(CCN(C)C)[C@@H]2c2ccccc2)cc1. The molecule has 6 nitrogen and oxygen atoms in total. The van der Waals surface area contributed by atoms with Gasteiger partial charge in [0, 0.05) is 18.7 Å². The molecule has 1 N–H and O–H groups in total. The second kappa shape index (κ2) is 9.41. The van der Waals surface area contributed by atoms with Crippen LogP contribution in [0.4, 0.5) is 0 Å². The first kappa shape index (κ1) is 21.3. The van der Waals surface area contributed by atoms with Gasteiger partial charge in [0.15, 0.2) is 0 Å². The number of Topliss-reactive ketones (excluding diaryl/α,β-unsaturated/α-hetero) is 1. The molecule has 6 heteroatoms. The summed E-state index contributed by atoms with van der Waals surface area (Å²) in [4.78, 5) is 29.2. The zero-order valence-electron chi connectivity index (χ0n) is 17.2. The van der Waals surface area contributed by atoms with Crippen LogP contribution in [0.15, 0.2) is 72.8 Å². The van der Waals surface area contributed by atoms with Crippen LogP contribution in [0.25, 0.3) is 5.76 Å². The van der Waals surface area contributed by atoms with Gasteiger partial charge in [0.2, 0.25) is 0 Å². The minimum absolute atomic E-state index is 0.102. The fourth-order valence-corrected chi connectivity index (χ4v) is 3.42. The number of ether oxygens (including phenoxy) is 1. The Kier molecular flexibility index (Phi) is 6.69. The molecule has 2 aromatic carbocycles. The van der Waals surface area contributed by atoms with Gasteiger partial charge in [-0.25, -0.2) is 0 Å². The summed E-state index contributed by atoms with van der Waals surface area (Å²) in [6, 6.07) is 15.4. The lowest BCUT2D eigenvalue weighted by atomic mass is 9.95. The van der Waals surface area contributed by atoms with E-state index in [2.05, 4.69) is 6.58 Å². The Bertz CT molecular complexity index is 949. The van der Waals surface area contributed by atoms with Crippen LogP contribution in [0.2, 0.25) is 0 Å². The van der Waals surface area contributed by atoms with Crippen LogP contribution >= 0.6 is 0 Å². The molecule has 1 atom stereocenters. The Morgan fingerprint density at radius 2 is 1.80 bits per heavy atom. The van der Waals surface area contributed by atoms with Gasteiger partial charge in [-0.2, -0.15) is 0 Å². The minimum atomic E-state index is -0.674. The normalized spacial score (nSPS) is 18.1. The molecule has 0 aliphatic carbocycles. The summed E-state index contributed by atoms with van der Waals surface area (Å²) in [5.74, 6) is -0.840. The number of carbonyl (C=O) groups is 2. The van der Waals surface area contributed by atoms with Gasteiger partial charge in [0.25, 0.3) is 11.7 Å². The highest BCUT2D eigenvalue weighted by molar-refractivity contribution is 6.46. The van der Waals surface area contributed by atoms with E-state index in [0.29, 0.717) is 31.0 Å². The van der Waals surface area contributed by atoms with E-state index in [1.807, 2.05) is 49.3 Å². The van der Waals surface area contributed by atoms with Crippen LogP contribution < -0.4 is 4.74 Å². The molecule has 0 aromatic heterocycles. The smallest absolute Gasteiger partial charge is 0.295 e. The Morgan fingerprint density at radius 1 is 1.13 bits per heavy atom. The monoisotopic (exact) mass is 406 g/mol. The van der Waals surface area contributed by atoms with E-state index < -0.39 is 17.7 Å². The third-order valence-corrected chi connectivity index (χ3v) is 4.94. The number of rotatable bonds is 8. The highest BCUT2D eigenvalue weighted by Gasteiger charge is 2.45. The van der Waals surface area contributed by atoms with Crippen LogP contribution in [0.1, 0.15) is 17.2 Å². The van der Waals surface area contributed by atoms with Crippen LogP contribution in [0.5, 0.6) is 5.75 Å². The molecule has 0 bridgehead atoms. The molecule has 30 heavy (non-hydrogen) atoms. The number of ketones is 1. The van der Waals surface area contributed by atoms with Crippen LogP contribution in [0.3, 0.4) is 0 Å². The first-order valence-electron chi connectivity index (χ1n) is 9.76. The molecule has 0 radical (unpaired) electrons.